The second kappa shape index (κ2) is 5.09. The lowest BCUT2D eigenvalue weighted by Gasteiger charge is -2.35. The molecule has 0 radical (unpaired) electrons. The van der Waals surface area contributed by atoms with E-state index in [2.05, 4.69) is 0 Å². The molecule has 0 spiro atoms. The summed E-state index contributed by atoms with van der Waals surface area (Å²) in [4.78, 5) is 12.2. The number of hydrogen-bond donors (Lipinski definition) is 0. The Morgan fingerprint density at radius 3 is 2.47 bits per heavy atom. The highest BCUT2D eigenvalue weighted by atomic mass is 35.5. The number of ether oxygens (including phenoxy) is 1. The molecular formula is C14H17ClO2. The first-order chi connectivity index (χ1) is 8.20. The van der Waals surface area contributed by atoms with Gasteiger partial charge in [0, 0.05) is 5.02 Å². The summed E-state index contributed by atoms with van der Waals surface area (Å²) in [6.45, 7) is 0. The van der Waals surface area contributed by atoms with Gasteiger partial charge in [-0.05, 0) is 24.5 Å². The minimum Gasteiger partial charge on any atom is -0.468 e. The van der Waals surface area contributed by atoms with Crippen molar-refractivity contribution in [2.75, 3.05) is 7.11 Å². The molecule has 0 amide bonds. The molecule has 1 aromatic rings. The molecule has 1 saturated carbocycles. The Bertz CT molecular complexity index is 408. The maximum absolute atomic E-state index is 12.2. The Balaban J connectivity index is 2.46. The van der Waals surface area contributed by atoms with Crippen LogP contribution in [0.5, 0.6) is 0 Å². The van der Waals surface area contributed by atoms with Crippen LogP contribution in [0, 0.1) is 0 Å². The van der Waals surface area contributed by atoms with Crippen LogP contribution in [-0.2, 0) is 14.9 Å². The monoisotopic (exact) mass is 252 g/mol. The Morgan fingerprint density at radius 1 is 1.24 bits per heavy atom. The summed E-state index contributed by atoms with van der Waals surface area (Å²) in [6, 6.07) is 7.61. The third kappa shape index (κ3) is 2.19. The smallest absolute Gasteiger partial charge is 0.316 e. The van der Waals surface area contributed by atoms with Gasteiger partial charge >= 0.3 is 5.97 Å². The number of halogens is 1. The van der Waals surface area contributed by atoms with E-state index in [9.17, 15) is 4.79 Å². The van der Waals surface area contributed by atoms with Gasteiger partial charge in [-0.2, -0.15) is 0 Å². The van der Waals surface area contributed by atoms with Crippen LogP contribution in [-0.4, -0.2) is 13.1 Å². The Kier molecular flexibility index (Phi) is 3.72. The van der Waals surface area contributed by atoms with Gasteiger partial charge in [0.05, 0.1) is 12.5 Å². The summed E-state index contributed by atoms with van der Waals surface area (Å²) >= 11 is 6.24. The zero-order valence-corrected chi connectivity index (χ0v) is 10.8. The molecule has 1 fully saturated rings. The lowest BCUT2D eigenvalue weighted by Crippen LogP contribution is -2.39. The predicted octanol–water partition coefficient (Wildman–Crippen LogP) is 3.71. The molecule has 17 heavy (non-hydrogen) atoms. The second-order valence-corrected chi connectivity index (χ2v) is 5.02. The molecule has 0 aliphatic heterocycles. The highest BCUT2D eigenvalue weighted by Crippen LogP contribution is 2.43. The fourth-order valence-corrected chi connectivity index (χ4v) is 3.10. The van der Waals surface area contributed by atoms with Crippen LogP contribution in [0.3, 0.4) is 0 Å². The van der Waals surface area contributed by atoms with E-state index in [1.807, 2.05) is 24.3 Å². The van der Waals surface area contributed by atoms with Crippen molar-refractivity contribution < 1.29 is 9.53 Å². The average molecular weight is 253 g/mol. The maximum Gasteiger partial charge on any atom is 0.316 e. The molecule has 0 bridgehead atoms. The molecule has 1 aliphatic carbocycles. The number of methoxy groups -OCH3 is 1. The van der Waals surface area contributed by atoms with E-state index < -0.39 is 5.41 Å². The SMILES string of the molecule is COC(=O)C1(c2ccccc2Cl)CCCCC1. The Hall–Kier alpha value is -1.02. The molecule has 1 aliphatic rings. The van der Waals surface area contributed by atoms with Gasteiger partial charge in [0.2, 0.25) is 0 Å². The minimum atomic E-state index is -0.522. The minimum absolute atomic E-state index is 0.148. The summed E-state index contributed by atoms with van der Waals surface area (Å²) in [7, 11) is 1.45. The number of carbonyl (C=O) groups is 1. The largest absolute Gasteiger partial charge is 0.468 e. The molecule has 1 aromatic carbocycles. The number of esters is 1. The first-order valence-corrected chi connectivity index (χ1v) is 6.42. The number of carbonyl (C=O) groups excluding carboxylic acids is 1. The van der Waals surface area contributed by atoms with Crippen LogP contribution in [0.15, 0.2) is 24.3 Å². The lowest BCUT2D eigenvalue weighted by atomic mass is 9.69. The van der Waals surface area contributed by atoms with Gasteiger partial charge in [0.25, 0.3) is 0 Å². The molecule has 0 heterocycles. The fraction of sp³-hybridized carbons (Fsp3) is 0.500. The van der Waals surface area contributed by atoms with Crippen molar-refractivity contribution in [3.8, 4) is 0 Å². The first kappa shape index (κ1) is 12.4. The van der Waals surface area contributed by atoms with E-state index in [0.29, 0.717) is 5.02 Å². The van der Waals surface area contributed by atoms with E-state index in [-0.39, 0.29) is 5.97 Å². The standard InChI is InChI=1S/C14H17ClO2/c1-17-13(16)14(9-5-2-6-10-14)11-7-3-4-8-12(11)15/h3-4,7-8H,2,5-6,9-10H2,1H3. The molecule has 3 heteroatoms. The van der Waals surface area contributed by atoms with Crippen molar-refractivity contribution >= 4 is 17.6 Å². The van der Waals surface area contributed by atoms with E-state index in [1.54, 1.807) is 0 Å². The summed E-state index contributed by atoms with van der Waals surface area (Å²) in [5.74, 6) is -0.148. The van der Waals surface area contributed by atoms with Gasteiger partial charge in [-0.1, -0.05) is 49.1 Å². The molecule has 92 valence electrons. The highest BCUT2D eigenvalue weighted by molar-refractivity contribution is 6.31. The van der Waals surface area contributed by atoms with Crippen molar-refractivity contribution in [2.45, 2.75) is 37.5 Å². The molecule has 2 nitrogen and oxygen atoms in total. The normalized spacial score (nSPS) is 18.7. The van der Waals surface area contributed by atoms with Crippen molar-refractivity contribution in [1.82, 2.24) is 0 Å². The Labute approximate surface area is 107 Å². The van der Waals surface area contributed by atoms with Crippen LogP contribution >= 0.6 is 11.6 Å². The first-order valence-electron chi connectivity index (χ1n) is 6.04. The summed E-state index contributed by atoms with van der Waals surface area (Å²) in [6.07, 6.45) is 4.97. The maximum atomic E-state index is 12.2. The second-order valence-electron chi connectivity index (χ2n) is 4.61. The van der Waals surface area contributed by atoms with Gasteiger partial charge < -0.3 is 4.74 Å². The van der Waals surface area contributed by atoms with Gasteiger partial charge in [0.1, 0.15) is 0 Å². The van der Waals surface area contributed by atoms with Crippen LogP contribution in [0.25, 0.3) is 0 Å². The fourth-order valence-electron chi connectivity index (χ4n) is 2.78. The van der Waals surface area contributed by atoms with E-state index in [0.717, 1.165) is 31.2 Å². The van der Waals surface area contributed by atoms with Crippen LogP contribution < -0.4 is 0 Å². The Morgan fingerprint density at radius 2 is 1.88 bits per heavy atom. The molecular weight excluding hydrogens is 236 g/mol. The van der Waals surface area contributed by atoms with E-state index >= 15 is 0 Å². The number of hydrogen-bond acceptors (Lipinski definition) is 2. The molecule has 0 aromatic heterocycles. The van der Waals surface area contributed by atoms with Crippen molar-refractivity contribution in [3.05, 3.63) is 34.9 Å². The summed E-state index contributed by atoms with van der Waals surface area (Å²) < 4.78 is 5.00. The van der Waals surface area contributed by atoms with E-state index in [4.69, 9.17) is 16.3 Å². The molecule has 0 N–H and O–H groups in total. The topological polar surface area (TPSA) is 26.3 Å². The van der Waals surface area contributed by atoms with Crippen molar-refractivity contribution in [2.24, 2.45) is 0 Å². The van der Waals surface area contributed by atoms with Gasteiger partial charge in [-0.15, -0.1) is 0 Å². The van der Waals surface area contributed by atoms with Crippen molar-refractivity contribution in [3.63, 3.8) is 0 Å². The van der Waals surface area contributed by atoms with Crippen LogP contribution in [0.1, 0.15) is 37.7 Å². The molecule has 0 unspecified atom stereocenters. The average Bonchev–Trinajstić information content (AvgIpc) is 2.39. The highest BCUT2D eigenvalue weighted by Gasteiger charge is 2.43. The quantitative estimate of drug-likeness (QED) is 0.750. The number of benzene rings is 1. The van der Waals surface area contributed by atoms with Crippen molar-refractivity contribution in [1.29, 1.82) is 0 Å². The van der Waals surface area contributed by atoms with Gasteiger partial charge in [-0.3, -0.25) is 4.79 Å². The zero-order valence-electron chi connectivity index (χ0n) is 10.0. The predicted molar refractivity (Wildman–Crippen MR) is 68.2 cm³/mol. The zero-order chi connectivity index (χ0) is 12.3. The third-order valence-corrected chi connectivity index (χ3v) is 4.00. The lowest BCUT2D eigenvalue weighted by molar-refractivity contribution is -0.149. The third-order valence-electron chi connectivity index (χ3n) is 3.67. The van der Waals surface area contributed by atoms with Crippen LogP contribution in [0.2, 0.25) is 5.02 Å². The summed E-state index contributed by atoms with van der Waals surface area (Å²) in [5.41, 5.74) is 0.402. The molecule has 0 atom stereocenters. The summed E-state index contributed by atoms with van der Waals surface area (Å²) in [5, 5.41) is 0.666. The molecule has 0 saturated heterocycles. The van der Waals surface area contributed by atoms with Gasteiger partial charge in [0.15, 0.2) is 0 Å². The number of rotatable bonds is 2. The molecule has 2 rings (SSSR count). The van der Waals surface area contributed by atoms with E-state index in [1.165, 1.54) is 13.5 Å². The van der Waals surface area contributed by atoms with Gasteiger partial charge in [-0.25, -0.2) is 0 Å². The van der Waals surface area contributed by atoms with Crippen LogP contribution in [0.4, 0.5) is 0 Å².